The molecule has 0 aromatic rings. The fourth-order valence-electron chi connectivity index (χ4n) is 2.91. The minimum atomic E-state index is 0.0417. The molecule has 0 aromatic heterocycles. The standard InChI is InChI=1S/C12H26O.C11H20O2.C5H12O/c1-2-3-4-5-6-7-8-9-10-11-12-13;1-11(13)9-7-5-3-2-4-6-8-10-12;1-5(2,3)6-4/h13H,2-12H2,1H3;10H,2-9H2,1H3;1-4H3. The SMILES string of the molecule is CC(=O)CCCCCCCCC=O.CCCCCCCCCCCCO.COC(C)(C)C. The van der Waals surface area contributed by atoms with Gasteiger partial charge < -0.3 is 19.4 Å². The number of aliphatic hydroxyl groups is 1. The molecule has 0 aliphatic rings. The second-order valence-corrected chi connectivity index (χ2v) is 9.75. The number of Topliss-reactive ketones (excluding diaryl/α,β-unsaturated/α-hetero) is 1. The van der Waals surface area contributed by atoms with Crippen molar-refractivity contribution in [2.24, 2.45) is 0 Å². The summed E-state index contributed by atoms with van der Waals surface area (Å²) < 4.78 is 4.94. The van der Waals surface area contributed by atoms with Gasteiger partial charge in [0.1, 0.15) is 12.1 Å². The first-order valence-corrected chi connectivity index (χ1v) is 13.3. The van der Waals surface area contributed by atoms with E-state index >= 15 is 0 Å². The number of rotatable bonds is 19. The summed E-state index contributed by atoms with van der Waals surface area (Å²) in [5.74, 6) is 0.293. The van der Waals surface area contributed by atoms with Gasteiger partial charge in [0.15, 0.2) is 0 Å². The minimum Gasteiger partial charge on any atom is -0.396 e. The van der Waals surface area contributed by atoms with Gasteiger partial charge in [0.05, 0.1) is 5.60 Å². The predicted molar refractivity (Wildman–Crippen MR) is 139 cm³/mol. The maximum absolute atomic E-state index is 10.6. The Morgan fingerprint density at radius 2 is 1.12 bits per heavy atom. The van der Waals surface area contributed by atoms with Crippen molar-refractivity contribution in [3.63, 3.8) is 0 Å². The van der Waals surface area contributed by atoms with Gasteiger partial charge in [0.25, 0.3) is 0 Å². The van der Waals surface area contributed by atoms with Gasteiger partial charge in [-0.05, 0) is 47.0 Å². The molecule has 0 saturated heterocycles. The smallest absolute Gasteiger partial charge is 0.129 e. The van der Waals surface area contributed by atoms with E-state index < -0.39 is 0 Å². The fraction of sp³-hybridized carbons (Fsp3) is 0.929. The van der Waals surface area contributed by atoms with Crippen LogP contribution in [0.1, 0.15) is 150 Å². The number of hydrogen-bond donors (Lipinski definition) is 1. The third-order valence-electron chi connectivity index (χ3n) is 5.22. The van der Waals surface area contributed by atoms with E-state index in [-0.39, 0.29) is 5.60 Å². The minimum absolute atomic E-state index is 0.0417. The average molecular weight is 459 g/mol. The molecule has 4 nitrogen and oxygen atoms in total. The van der Waals surface area contributed by atoms with Crippen LogP contribution >= 0.6 is 0 Å². The van der Waals surface area contributed by atoms with Crippen molar-refractivity contribution >= 4 is 12.1 Å². The Hall–Kier alpha value is -0.740. The summed E-state index contributed by atoms with van der Waals surface area (Å²) in [7, 11) is 1.71. The monoisotopic (exact) mass is 458 g/mol. The molecule has 0 saturated carbocycles. The van der Waals surface area contributed by atoms with E-state index in [2.05, 4.69) is 6.92 Å². The van der Waals surface area contributed by atoms with Crippen molar-refractivity contribution in [3.8, 4) is 0 Å². The summed E-state index contributed by atoms with van der Waals surface area (Å²) in [5.41, 5.74) is 0.0417. The number of unbranched alkanes of at least 4 members (excludes halogenated alkanes) is 15. The molecular weight excluding hydrogens is 400 g/mol. The van der Waals surface area contributed by atoms with Crippen LogP contribution in [0.15, 0.2) is 0 Å². The number of ether oxygens (including phenoxy) is 1. The molecule has 32 heavy (non-hydrogen) atoms. The maximum Gasteiger partial charge on any atom is 0.129 e. The zero-order valence-corrected chi connectivity index (χ0v) is 22.7. The highest BCUT2D eigenvalue weighted by molar-refractivity contribution is 5.75. The molecule has 0 heterocycles. The number of aliphatic hydroxyl groups excluding tert-OH is 1. The van der Waals surface area contributed by atoms with Gasteiger partial charge in [-0.15, -0.1) is 0 Å². The Morgan fingerprint density at radius 3 is 1.47 bits per heavy atom. The Balaban J connectivity index is -0.000000422. The molecular formula is C28H58O4. The molecule has 0 spiro atoms. The lowest BCUT2D eigenvalue weighted by Crippen LogP contribution is -2.15. The summed E-state index contributed by atoms with van der Waals surface area (Å²) >= 11 is 0. The fourth-order valence-corrected chi connectivity index (χ4v) is 2.91. The van der Waals surface area contributed by atoms with Gasteiger partial charge >= 0.3 is 0 Å². The number of aldehydes is 1. The van der Waals surface area contributed by atoms with Crippen LogP contribution < -0.4 is 0 Å². The van der Waals surface area contributed by atoms with Crippen molar-refractivity contribution in [2.45, 2.75) is 156 Å². The van der Waals surface area contributed by atoms with Crippen molar-refractivity contribution in [2.75, 3.05) is 13.7 Å². The molecule has 0 amide bonds. The molecule has 0 radical (unpaired) electrons. The summed E-state index contributed by atoms with van der Waals surface area (Å²) in [6.45, 7) is 10.3. The van der Waals surface area contributed by atoms with Gasteiger partial charge in [-0.25, -0.2) is 0 Å². The van der Waals surface area contributed by atoms with Gasteiger partial charge in [0, 0.05) is 26.6 Å². The number of carbonyl (C=O) groups is 2. The van der Waals surface area contributed by atoms with E-state index in [4.69, 9.17) is 9.84 Å². The highest BCUT2D eigenvalue weighted by Crippen LogP contribution is 2.10. The van der Waals surface area contributed by atoms with Crippen LogP contribution in [0.25, 0.3) is 0 Å². The van der Waals surface area contributed by atoms with Gasteiger partial charge in [0.2, 0.25) is 0 Å². The van der Waals surface area contributed by atoms with Crippen LogP contribution in [0.2, 0.25) is 0 Å². The van der Waals surface area contributed by atoms with Crippen LogP contribution in [0, 0.1) is 0 Å². The average Bonchev–Trinajstić information content (AvgIpc) is 2.75. The number of carbonyl (C=O) groups excluding carboxylic acids is 2. The zero-order chi connectivity index (χ0) is 24.9. The Labute approximate surface area is 201 Å². The molecule has 0 aliphatic carbocycles. The van der Waals surface area contributed by atoms with Gasteiger partial charge in [-0.2, -0.15) is 0 Å². The quantitative estimate of drug-likeness (QED) is 0.156. The molecule has 0 atom stereocenters. The largest absolute Gasteiger partial charge is 0.396 e. The van der Waals surface area contributed by atoms with Crippen LogP contribution in [0.3, 0.4) is 0 Å². The molecule has 0 unspecified atom stereocenters. The van der Waals surface area contributed by atoms with Gasteiger partial charge in [-0.3, -0.25) is 0 Å². The first-order valence-electron chi connectivity index (χ1n) is 13.3. The van der Waals surface area contributed by atoms with Crippen molar-refractivity contribution in [1.29, 1.82) is 0 Å². The Kier molecular flexibility index (Phi) is 33.9. The van der Waals surface area contributed by atoms with Gasteiger partial charge in [-0.1, -0.05) is 90.4 Å². The van der Waals surface area contributed by atoms with Crippen LogP contribution in [0.4, 0.5) is 0 Å². The third-order valence-corrected chi connectivity index (χ3v) is 5.22. The summed E-state index contributed by atoms with van der Waals surface area (Å²) in [6.07, 6.45) is 22.5. The van der Waals surface area contributed by atoms with E-state index in [0.29, 0.717) is 18.8 Å². The molecule has 0 bridgehead atoms. The zero-order valence-electron chi connectivity index (χ0n) is 22.7. The van der Waals surface area contributed by atoms with E-state index in [1.54, 1.807) is 14.0 Å². The molecule has 0 aromatic carbocycles. The van der Waals surface area contributed by atoms with Crippen molar-refractivity contribution < 1.29 is 19.4 Å². The summed E-state index contributed by atoms with van der Waals surface area (Å²) in [6, 6.07) is 0. The van der Waals surface area contributed by atoms with E-state index in [9.17, 15) is 9.59 Å². The van der Waals surface area contributed by atoms with Crippen LogP contribution in [0.5, 0.6) is 0 Å². The predicted octanol–water partition coefficient (Wildman–Crippen LogP) is 8.23. The maximum atomic E-state index is 10.6. The highest BCUT2D eigenvalue weighted by atomic mass is 16.5. The summed E-state index contributed by atoms with van der Waals surface area (Å²) in [5, 5.41) is 8.57. The van der Waals surface area contributed by atoms with Crippen LogP contribution in [-0.2, 0) is 14.3 Å². The van der Waals surface area contributed by atoms with Crippen molar-refractivity contribution in [1.82, 2.24) is 0 Å². The first kappa shape index (κ1) is 35.8. The Morgan fingerprint density at radius 1 is 0.750 bits per heavy atom. The molecule has 0 rings (SSSR count). The lowest BCUT2D eigenvalue weighted by atomic mass is 10.1. The second-order valence-electron chi connectivity index (χ2n) is 9.75. The molecule has 0 fully saturated rings. The lowest BCUT2D eigenvalue weighted by molar-refractivity contribution is -0.117. The normalized spacial score (nSPS) is 10.6. The van der Waals surface area contributed by atoms with Crippen molar-refractivity contribution in [3.05, 3.63) is 0 Å². The van der Waals surface area contributed by atoms with E-state index in [1.165, 1.54) is 70.6 Å². The number of methoxy groups -OCH3 is 1. The summed E-state index contributed by atoms with van der Waals surface area (Å²) in [4.78, 5) is 20.6. The molecule has 4 heteroatoms. The molecule has 194 valence electrons. The first-order chi connectivity index (χ1) is 15.2. The Bertz CT molecular complexity index is 351. The lowest BCUT2D eigenvalue weighted by Gasteiger charge is -2.14. The third kappa shape index (κ3) is 47.2. The van der Waals surface area contributed by atoms with Crippen LogP contribution in [-0.4, -0.2) is 36.5 Å². The molecule has 0 aliphatic heterocycles. The van der Waals surface area contributed by atoms with E-state index in [0.717, 1.165) is 44.8 Å². The number of ketones is 1. The van der Waals surface area contributed by atoms with E-state index in [1.807, 2.05) is 20.8 Å². The molecule has 1 N–H and O–H groups in total. The number of hydrogen-bond acceptors (Lipinski definition) is 4. The highest BCUT2D eigenvalue weighted by Gasteiger charge is 2.04. The second kappa shape index (κ2) is 30.3. The topological polar surface area (TPSA) is 63.6 Å².